The lowest BCUT2D eigenvalue weighted by Crippen LogP contribution is -2.50. The Morgan fingerprint density at radius 1 is 1.39 bits per heavy atom. The van der Waals surface area contributed by atoms with E-state index in [0.29, 0.717) is 17.6 Å². The average molecular weight is 250 g/mol. The van der Waals surface area contributed by atoms with Crippen LogP contribution in [0.15, 0.2) is 12.4 Å². The predicted octanol–water partition coefficient (Wildman–Crippen LogP) is 0.403. The van der Waals surface area contributed by atoms with Gasteiger partial charge < -0.3 is 14.5 Å². The molecule has 2 heterocycles. The molecule has 1 atom stereocenters. The Balaban J connectivity index is 2.08. The SMILES string of the molecule is COC(=O)c1cnc(N2CCN(C)[C@@H](C)C2)nc1. The van der Waals surface area contributed by atoms with E-state index < -0.39 is 5.97 Å². The van der Waals surface area contributed by atoms with E-state index in [9.17, 15) is 4.79 Å². The fourth-order valence-corrected chi connectivity index (χ4v) is 1.94. The van der Waals surface area contributed by atoms with Gasteiger partial charge >= 0.3 is 5.97 Å². The number of methoxy groups -OCH3 is 1. The van der Waals surface area contributed by atoms with Crippen LogP contribution in [0.1, 0.15) is 17.3 Å². The van der Waals surface area contributed by atoms with E-state index in [-0.39, 0.29) is 0 Å². The van der Waals surface area contributed by atoms with Crippen LogP contribution in [0.2, 0.25) is 0 Å². The Kier molecular flexibility index (Phi) is 3.76. The summed E-state index contributed by atoms with van der Waals surface area (Å²) in [4.78, 5) is 24.2. The van der Waals surface area contributed by atoms with Gasteiger partial charge in [0.1, 0.15) is 0 Å². The molecule has 0 aromatic carbocycles. The molecule has 1 saturated heterocycles. The van der Waals surface area contributed by atoms with Gasteiger partial charge in [-0.3, -0.25) is 0 Å². The van der Waals surface area contributed by atoms with Gasteiger partial charge in [0.15, 0.2) is 0 Å². The third kappa shape index (κ3) is 2.59. The lowest BCUT2D eigenvalue weighted by atomic mass is 10.2. The molecule has 1 aliphatic heterocycles. The van der Waals surface area contributed by atoms with Crippen LogP contribution >= 0.6 is 0 Å². The zero-order valence-electron chi connectivity index (χ0n) is 11.0. The van der Waals surface area contributed by atoms with Crippen LogP contribution in [-0.4, -0.2) is 60.7 Å². The maximum atomic E-state index is 11.3. The van der Waals surface area contributed by atoms with E-state index >= 15 is 0 Å². The number of ether oxygens (including phenoxy) is 1. The topological polar surface area (TPSA) is 58.6 Å². The standard InChI is InChI=1S/C12H18N4O2/c1-9-8-16(5-4-15(9)2)12-13-6-10(7-14-12)11(17)18-3/h6-7,9H,4-5,8H2,1-3H3/t9-/m0/s1. The van der Waals surface area contributed by atoms with Crippen LogP contribution in [0.5, 0.6) is 0 Å². The summed E-state index contributed by atoms with van der Waals surface area (Å²) in [6, 6.07) is 0.475. The highest BCUT2D eigenvalue weighted by Gasteiger charge is 2.22. The van der Waals surface area contributed by atoms with Crippen molar-refractivity contribution in [3.63, 3.8) is 0 Å². The summed E-state index contributed by atoms with van der Waals surface area (Å²) in [5.41, 5.74) is 0.378. The molecule has 0 amide bonds. The molecule has 0 saturated carbocycles. The van der Waals surface area contributed by atoms with Crippen LogP contribution in [0.3, 0.4) is 0 Å². The molecule has 0 aliphatic carbocycles. The number of hydrogen-bond acceptors (Lipinski definition) is 6. The molecule has 0 bridgehead atoms. The summed E-state index contributed by atoms with van der Waals surface area (Å²) < 4.78 is 4.61. The summed E-state index contributed by atoms with van der Waals surface area (Å²) >= 11 is 0. The highest BCUT2D eigenvalue weighted by Crippen LogP contribution is 2.13. The fraction of sp³-hybridized carbons (Fsp3) is 0.583. The van der Waals surface area contributed by atoms with Crippen molar-refractivity contribution in [1.29, 1.82) is 0 Å². The summed E-state index contributed by atoms with van der Waals surface area (Å²) in [7, 11) is 3.46. The molecule has 0 unspecified atom stereocenters. The summed E-state index contributed by atoms with van der Waals surface area (Å²) in [6.07, 6.45) is 3.02. The number of likely N-dealkylation sites (N-methyl/N-ethyl adjacent to an activating group) is 1. The van der Waals surface area contributed by atoms with Gasteiger partial charge in [0.25, 0.3) is 0 Å². The second-order valence-corrected chi connectivity index (χ2v) is 4.54. The van der Waals surface area contributed by atoms with Gasteiger partial charge in [-0.15, -0.1) is 0 Å². The van der Waals surface area contributed by atoms with Gasteiger partial charge in [0.2, 0.25) is 5.95 Å². The quantitative estimate of drug-likeness (QED) is 0.708. The highest BCUT2D eigenvalue weighted by molar-refractivity contribution is 5.88. The van der Waals surface area contributed by atoms with Gasteiger partial charge in [0.05, 0.1) is 12.7 Å². The van der Waals surface area contributed by atoms with E-state index in [4.69, 9.17) is 0 Å². The highest BCUT2D eigenvalue weighted by atomic mass is 16.5. The summed E-state index contributed by atoms with van der Waals surface area (Å²) in [5.74, 6) is 0.260. The third-order valence-electron chi connectivity index (χ3n) is 3.30. The molecule has 18 heavy (non-hydrogen) atoms. The van der Waals surface area contributed by atoms with Gasteiger partial charge in [-0.2, -0.15) is 0 Å². The number of anilines is 1. The van der Waals surface area contributed by atoms with Gasteiger partial charge in [-0.1, -0.05) is 0 Å². The zero-order chi connectivity index (χ0) is 13.1. The van der Waals surface area contributed by atoms with Gasteiger partial charge in [0, 0.05) is 38.1 Å². The largest absolute Gasteiger partial charge is 0.465 e. The van der Waals surface area contributed by atoms with E-state index in [1.807, 2.05) is 0 Å². The molecule has 6 heteroatoms. The molecule has 6 nitrogen and oxygen atoms in total. The molecular weight excluding hydrogens is 232 g/mol. The van der Waals surface area contributed by atoms with Crippen LogP contribution in [0.25, 0.3) is 0 Å². The maximum Gasteiger partial charge on any atom is 0.341 e. The van der Waals surface area contributed by atoms with Crippen molar-refractivity contribution in [2.45, 2.75) is 13.0 Å². The number of esters is 1. The summed E-state index contributed by atoms with van der Waals surface area (Å²) in [6.45, 7) is 4.96. The van der Waals surface area contributed by atoms with Crippen molar-refractivity contribution < 1.29 is 9.53 Å². The van der Waals surface area contributed by atoms with Crippen LogP contribution in [-0.2, 0) is 4.74 Å². The maximum absolute atomic E-state index is 11.3. The van der Waals surface area contributed by atoms with E-state index in [2.05, 4.69) is 38.5 Å². The van der Waals surface area contributed by atoms with E-state index in [1.165, 1.54) is 19.5 Å². The van der Waals surface area contributed by atoms with Crippen molar-refractivity contribution in [2.75, 3.05) is 38.7 Å². The first-order chi connectivity index (χ1) is 8.61. The Bertz CT molecular complexity index is 421. The Labute approximate surface area is 107 Å². The first kappa shape index (κ1) is 12.8. The van der Waals surface area contributed by atoms with Crippen LogP contribution in [0, 0.1) is 0 Å². The smallest absolute Gasteiger partial charge is 0.341 e. The normalized spacial score (nSPS) is 20.8. The van der Waals surface area contributed by atoms with Crippen molar-refractivity contribution in [3.8, 4) is 0 Å². The Hall–Kier alpha value is -1.69. The number of hydrogen-bond donors (Lipinski definition) is 0. The first-order valence-electron chi connectivity index (χ1n) is 5.97. The molecule has 0 radical (unpaired) electrons. The second kappa shape index (κ2) is 5.30. The molecule has 1 aromatic heterocycles. The number of carbonyl (C=O) groups is 1. The number of aromatic nitrogens is 2. The molecule has 1 aliphatic rings. The van der Waals surface area contributed by atoms with Crippen molar-refractivity contribution in [2.24, 2.45) is 0 Å². The molecule has 1 fully saturated rings. The second-order valence-electron chi connectivity index (χ2n) is 4.54. The number of rotatable bonds is 2. The summed E-state index contributed by atoms with van der Waals surface area (Å²) in [5, 5.41) is 0. The third-order valence-corrected chi connectivity index (χ3v) is 3.30. The number of nitrogens with zero attached hydrogens (tertiary/aromatic N) is 4. The van der Waals surface area contributed by atoms with E-state index in [0.717, 1.165) is 19.6 Å². The lowest BCUT2D eigenvalue weighted by Gasteiger charge is -2.37. The first-order valence-corrected chi connectivity index (χ1v) is 5.97. The number of carbonyl (C=O) groups excluding carboxylic acids is 1. The predicted molar refractivity (Wildman–Crippen MR) is 67.7 cm³/mol. The minimum atomic E-state index is -0.409. The number of piperazine rings is 1. The van der Waals surface area contributed by atoms with E-state index in [1.54, 1.807) is 0 Å². The molecule has 2 rings (SSSR count). The minimum absolute atomic E-state index is 0.378. The van der Waals surface area contributed by atoms with Gasteiger partial charge in [-0.25, -0.2) is 14.8 Å². The molecule has 0 N–H and O–H groups in total. The van der Waals surface area contributed by atoms with Crippen molar-refractivity contribution in [1.82, 2.24) is 14.9 Å². The molecule has 0 spiro atoms. The van der Waals surface area contributed by atoms with Crippen molar-refractivity contribution >= 4 is 11.9 Å². The van der Waals surface area contributed by atoms with Crippen LogP contribution < -0.4 is 4.90 Å². The molecule has 98 valence electrons. The lowest BCUT2D eigenvalue weighted by molar-refractivity contribution is 0.0600. The van der Waals surface area contributed by atoms with Gasteiger partial charge in [-0.05, 0) is 14.0 Å². The average Bonchev–Trinajstić information content (AvgIpc) is 2.41. The van der Waals surface area contributed by atoms with Crippen molar-refractivity contribution in [3.05, 3.63) is 18.0 Å². The Morgan fingerprint density at radius 2 is 2.06 bits per heavy atom. The van der Waals surface area contributed by atoms with Crippen LogP contribution in [0.4, 0.5) is 5.95 Å². The monoisotopic (exact) mass is 250 g/mol. The molecular formula is C12H18N4O2. The minimum Gasteiger partial charge on any atom is -0.465 e. The molecule has 1 aromatic rings. The Morgan fingerprint density at radius 3 is 2.61 bits per heavy atom. The zero-order valence-corrected chi connectivity index (χ0v) is 11.0. The fourth-order valence-electron chi connectivity index (χ4n) is 1.94.